The average Bonchev–Trinajstić information content (AvgIpc) is 2.32. The van der Waals surface area contributed by atoms with Gasteiger partial charge in [-0.25, -0.2) is 0 Å². The summed E-state index contributed by atoms with van der Waals surface area (Å²) in [5.74, 6) is -0.125. The second-order valence-electron chi connectivity index (χ2n) is 3.50. The van der Waals surface area contributed by atoms with E-state index in [9.17, 15) is 9.59 Å². The monoisotopic (exact) mass is 347 g/mol. The van der Waals surface area contributed by atoms with Crippen molar-refractivity contribution < 1.29 is 9.59 Å². The molecule has 1 aliphatic rings. The standard InChI is InChI=1S/C5H8O2.C4H8.2ClH.Sb/c1-4(6)3-5(2)7;1-3-4-2;;;/h3H2,1-2H3;1-4H2;2*1H;/q;;;;+2/p-2. The first kappa shape index (κ1) is 14.7. The number of Topliss-reactive ketones (excluding diaryl/α,β-unsaturated/α-hetero) is 2. The molecule has 0 N–H and O–H groups in total. The molecule has 14 heavy (non-hydrogen) atoms. The summed E-state index contributed by atoms with van der Waals surface area (Å²) < 4.78 is 2.36. The Balaban J connectivity index is 0.000000241. The molecule has 1 radical (unpaired) electrons. The summed E-state index contributed by atoms with van der Waals surface area (Å²) in [5, 5.41) is 0. The van der Waals surface area contributed by atoms with Gasteiger partial charge in [0.1, 0.15) is 11.6 Å². The molecule has 0 aromatic heterocycles. The van der Waals surface area contributed by atoms with Crippen LogP contribution in [0.1, 0.15) is 33.1 Å². The van der Waals surface area contributed by atoms with Crippen molar-refractivity contribution in [2.45, 2.75) is 41.8 Å². The average molecular weight is 349 g/mol. The number of rotatable bonds is 2. The molecule has 0 saturated carbocycles. The molecule has 1 aliphatic heterocycles. The van der Waals surface area contributed by atoms with Gasteiger partial charge in [0.2, 0.25) is 0 Å². The van der Waals surface area contributed by atoms with Gasteiger partial charge in [-0.1, -0.05) is 0 Å². The van der Waals surface area contributed by atoms with Crippen LogP contribution in [0.25, 0.3) is 0 Å². The summed E-state index contributed by atoms with van der Waals surface area (Å²) in [7, 11) is 11.9. The molecule has 0 unspecified atom stereocenters. The fourth-order valence-corrected chi connectivity index (χ4v) is 8.91. The van der Waals surface area contributed by atoms with Crippen LogP contribution in [0.2, 0.25) is 8.73 Å². The van der Waals surface area contributed by atoms with Crippen LogP contribution >= 0.6 is 17.7 Å². The van der Waals surface area contributed by atoms with Crippen LogP contribution in [0, 0.1) is 0 Å². The number of ketones is 2. The third kappa shape index (κ3) is 9.30. The normalized spacial score (nSPS) is 18.3. The molecule has 0 aromatic carbocycles. The quantitative estimate of drug-likeness (QED) is 0.567. The second-order valence-corrected chi connectivity index (χ2v) is 20.3. The van der Waals surface area contributed by atoms with Gasteiger partial charge in [0.25, 0.3) is 0 Å². The zero-order valence-corrected chi connectivity index (χ0v) is 12.6. The van der Waals surface area contributed by atoms with Crippen molar-refractivity contribution in [3.8, 4) is 0 Å². The summed E-state index contributed by atoms with van der Waals surface area (Å²) in [4.78, 5) is 20.1. The van der Waals surface area contributed by atoms with E-state index in [0.29, 0.717) is 0 Å². The first-order valence-corrected chi connectivity index (χ1v) is 14.7. The van der Waals surface area contributed by atoms with Crippen molar-refractivity contribution in [1.29, 1.82) is 0 Å². The maximum absolute atomic E-state index is 10.0. The first-order valence-electron chi connectivity index (χ1n) is 4.59. The molecule has 1 fully saturated rings. The van der Waals surface area contributed by atoms with Crippen LogP contribution in [-0.2, 0) is 9.59 Å². The van der Waals surface area contributed by atoms with Crippen LogP contribution in [0.4, 0.5) is 0 Å². The number of carbonyl (C=O) groups excluding carboxylic acids is 2. The SMILES string of the molecule is CC(=O)CC(C)=O.[Cl][Sb]1([Cl])[CH2]CC[CH2]1. The van der Waals surface area contributed by atoms with E-state index in [4.69, 9.17) is 17.7 Å². The van der Waals surface area contributed by atoms with Gasteiger partial charge in [0.15, 0.2) is 0 Å². The Labute approximate surface area is 96.7 Å². The molecule has 83 valence electrons. The predicted octanol–water partition coefficient (Wildman–Crippen LogP) is 3.25. The molecule has 0 amide bonds. The van der Waals surface area contributed by atoms with Crippen LogP contribution in [0.15, 0.2) is 0 Å². The van der Waals surface area contributed by atoms with E-state index < -0.39 is 16.5 Å². The van der Waals surface area contributed by atoms with Crippen molar-refractivity contribution in [1.82, 2.24) is 0 Å². The second kappa shape index (κ2) is 7.08. The van der Waals surface area contributed by atoms with E-state index >= 15 is 0 Å². The molecular formula is C9H16Cl2O2Sb. The number of carbonyl (C=O) groups is 2. The van der Waals surface area contributed by atoms with E-state index in [1.807, 2.05) is 0 Å². The molecule has 0 aromatic rings. The predicted molar refractivity (Wildman–Crippen MR) is 62.3 cm³/mol. The van der Waals surface area contributed by atoms with Crippen molar-refractivity contribution in [3.63, 3.8) is 0 Å². The van der Waals surface area contributed by atoms with Gasteiger partial charge >= 0.3 is 55.8 Å². The number of hydrogen-bond acceptors (Lipinski definition) is 2. The fourth-order valence-electron chi connectivity index (χ4n) is 1.15. The molecule has 0 atom stereocenters. The summed E-state index contributed by atoms with van der Waals surface area (Å²) in [5.41, 5.74) is 0. The number of hydrogen-bond donors (Lipinski definition) is 0. The van der Waals surface area contributed by atoms with Gasteiger partial charge in [-0.3, -0.25) is 9.59 Å². The Kier molecular flexibility index (Phi) is 7.46. The van der Waals surface area contributed by atoms with E-state index in [1.54, 1.807) is 0 Å². The van der Waals surface area contributed by atoms with Gasteiger partial charge in [-0.15, -0.1) is 0 Å². The molecule has 0 spiro atoms. The third-order valence-corrected chi connectivity index (χ3v) is 11.8. The Morgan fingerprint density at radius 1 is 1.07 bits per heavy atom. The summed E-state index contributed by atoms with van der Waals surface area (Å²) in [6.07, 6.45) is 2.66. The van der Waals surface area contributed by atoms with Crippen molar-refractivity contribution in [3.05, 3.63) is 0 Å². The Morgan fingerprint density at radius 2 is 1.43 bits per heavy atom. The van der Waals surface area contributed by atoms with Crippen LogP contribution in [-0.4, -0.2) is 28.1 Å². The van der Waals surface area contributed by atoms with Crippen molar-refractivity contribution in [2.75, 3.05) is 0 Å². The fraction of sp³-hybridized carbons (Fsp3) is 0.778. The first-order chi connectivity index (χ1) is 6.33. The van der Waals surface area contributed by atoms with Crippen molar-refractivity contribution >= 4 is 45.7 Å². The third-order valence-electron chi connectivity index (χ3n) is 1.72. The summed E-state index contributed by atoms with van der Waals surface area (Å²) in [6, 6.07) is 0. The van der Waals surface area contributed by atoms with Crippen LogP contribution in [0.3, 0.4) is 0 Å². The van der Waals surface area contributed by atoms with Gasteiger partial charge in [0.05, 0.1) is 6.42 Å². The molecule has 0 bridgehead atoms. The molecule has 1 saturated heterocycles. The van der Waals surface area contributed by atoms with E-state index in [-0.39, 0.29) is 18.0 Å². The van der Waals surface area contributed by atoms with Crippen LogP contribution < -0.4 is 0 Å². The zero-order chi connectivity index (χ0) is 11.2. The van der Waals surface area contributed by atoms with Crippen LogP contribution in [0.5, 0.6) is 0 Å². The molecule has 1 rings (SSSR count). The maximum atomic E-state index is 10.0. The van der Waals surface area contributed by atoms with Gasteiger partial charge in [0, 0.05) is 0 Å². The Hall–Kier alpha value is 0.738. The molecule has 5 heteroatoms. The van der Waals surface area contributed by atoms with E-state index in [0.717, 1.165) is 0 Å². The van der Waals surface area contributed by atoms with Crippen molar-refractivity contribution in [2.24, 2.45) is 0 Å². The molecule has 1 heterocycles. The Bertz CT molecular complexity index is 197. The zero-order valence-electron chi connectivity index (χ0n) is 8.56. The topological polar surface area (TPSA) is 34.1 Å². The molecule has 2 nitrogen and oxygen atoms in total. The van der Waals surface area contributed by atoms with E-state index in [1.165, 1.54) is 35.4 Å². The Morgan fingerprint density at radius 3 is 1.50 bits per heavy atom. The van der Waals surface area contributed by atoms with Gasteiger partial charge in [-0.2, -0.15) is 0 Å². The summed E-state index contributed by atoms with van der Waals surface area (Å²) >= 11 is -2.14. The molecular weight excluding hydrogens is 333 g/mol. The molecule has 0 aliphatic carbocycles. The minimum atomic E-state index is -2.14. The van der Waals surface area contributed by atoms with Gasteiger partial charge < -0.3 is 0 Å². The number of halogens is 2. The minimum absolute atomic E-state index is 0.0625. The summed E-state index contributed by atoms with van der Waals surface area (Å²) in [6.45, 7) is 2.81. The van der Waals surface area contributed by atoms with E-state index in [2.05, 4.69) is 0 Å². The van der Waals surface area contributed by atoms with Gasteiger partial charge in [-0.05, 0) is 13.8 Å².